The molecule has 0 aliphatic rings. The number of sulfonamides is 1. The van der Waals surface area contributed by atoms with Crippen LogP contribution >= 0.6 is 11.6 Å². The average Bonchev–Trinajstić information content (AvgIpc) is 2.73. The Hall–Kier alpha value is -2.91. The fraction of sp³-hybridized carbons (Fsp3) is 0.208. The topological polar surface area (TPSA) is 119 Å². The summed E-state index contributed by atoms with van der Waals surface area (Å²) in [7, 11) is -3.83. The molecule has 0 saturated heterocycles. The number of benzene rings is 3. The molecule has 0 fully saturated rings. The summed E-state index contributed by atoms with van der Waals surface area (Å²) in [5.74, 6) is -0.130. The Bertz CT molecular complexity index is 1290. The van der Waals surface area contributed by atoms with Gasteiger partial charge in [0.15, 0.2) is 6.61 Å². The summed E-state index contributed by atoms with van der Waals surface area (Å²) in [6.45, 7) is 5.15. The third-order valence-electron chi connectivity index (χ3n) is 5.24. The number of carbonyl (C=O) groups excluding carboxylic acids is 1. The highest BCUT2D eigenvalue weighted by Crippen LogP contribution is 2.35. The number of carbonyl (C=O) groups is 1. The Kier molecular flexibility index (Phi) is 7.44. The molecule has 0 bridgehead atoms. The quantitative estimate of drug-likeness (QED) is 0.464. The predicted octanol–water partition coefficient (Wildman–Crippen LogP) is 4.01. The molecule has 0 aliphatic heterocycles. The zero-order valence-corrected chi connectivity index (χ0v) is 20.0. The Balaban J connectivity index is 1.78. The first kappa shape index (κ1) is 24.7. The van der Waals surface area contributed by atoms with Crippen LogP contribution in [0.3, 0.4) is 0 Å². The Morgan fingerprint density at radius 1 is 1.06 bits per heavy atom. The molecular formula is C24H25ClN2O5S. The van der Waals surface area contributed by atoms with Gasteiger partial charge in [0.2, 0.25) is 10.0 Å². The number of primary sulfonamides is 1. The van der Waals surface area contributed by atoms with E-state index in [4.69, 9.17) is 21.5 Å². The molecular weight excluding hydrogens is 464 g/mol. The molecule has 3 rings (SSSR count). The third-order valence-corrected chi connectivity index (χ3v) is 6.39. The van der Waals surface area contributed by atoms with Gasteiger partial charge in [-0.15, -0.1) is 0 Å². The van der Waals surface area contributed by atoms with E-state index in [0.717, 1.165) is 16.7 Å². The van der Waals surface area contributed by atoms with Gasteiger partial charge in [0.25, 0.3) is 5.91 Å². The molecule has 3 aromatic carbocycles. The molecule has 4 N–H and O–H groups in total. The van der Waals surface area contributed by atoms with Crippen molar-refractivity contribution in [2.24, 2.45) is 5.14 Å². The zero-order valence-electron chi connectivity index (χ0n) is 18.4. The maximum atomic E-state index is 12.5. The largest absolute Gasteiger partial charge is 0.483 e. The third kappa shape index (κ3) is 5.91. The van der Waals surface area contributed by atoms with Gasteiger partial charge in [-0.1, -0.05) is 29.8 Å². The van der Waals surface area contributed by atoms with E-state index in [0.29, 0.717) is 27.6 Å². The predicted molar refractivity (Wildman–Crippen MR) is 128 cm³/mol. The van der Waals surface area contributed by atoms with E-state index in [-0.39, 0.29) is 11.5 Å². The molecule has 9 heteroatoms. The molecule has 3 aromatic rings. The number of nitrogens with one attached hydrogen (secondary N) is 1. The average molecular weight is 489 g/mol. The highest BCUT2D eigenvalue weighted by atomic mass is 35.5. The van der Waals surface area contributed by atoms with E-state index < -0.39 is 22.0 Å². The standard InChI is InChI=1S/C24H25ClN2O5S/c1-14-5-4-6-15(2)23(14)24(29)19-12-17(25)7-10-21(19)32-13-22(28)27-20-9-8-18(11-16(20)3)33(26,30)31/h4-12,24,29H,13H2,1-3H3,(H,27,28)(H2,26,30,31). The summed E-state index contributed by atoms with van der Waals surface area (Å²) in [6, 6.07) is 14.7. The highest BCUT2D eigenvalue weighted by Gasteiger charge is 2.21. The van der Waals surface area contributed by atoms with Gasteiger partial charge in [-0.05, 0) is 79.4 Å². The number of anilines is 1. The van der Waals surface area contributed by atoms with Crippen LogP contribution in [0, 0.1) is 20.8 Å². The van der Waals surface area contributed by atoms with Crippen molar-refractivity contribution in [2.45, 2.75) is 31.8 Å². The molecule has 174 valence electrons. The van der Waals surface area contributed by atoms with Gasteiger partial charge in [-0.25, -0.2) is 13.6 Å². The summed E-state index contributed by atoms with van der Waals surface area (Å²) >= 11 is 6.16. The van der Waals surface area contributed by atoms with Crippen molar-refractivity contribution in [1.29, 1.82) is 0 Å². The lowest BCUT2D eigenvalue weighted by Gasteiger charge is -2.20. The second-order valence-corrected chi connectivity index (χ2v) is 9.75. The van der Waals surface area contributed by atoms with E-state index in [1.165, 1.54) is 18.2 Å². The fourth-order valence-electron chi connectivity index (χ4n) is 3.56. The molecule has 0 saturated carbocycles. The van der Waals surface area contributed by atoms with Gasteiger partial charge in [-0.2, -0.15) is 0 Å². The van der Waals surface area contributed by atoms with Crippen molar-refractivity contribution < 1.29 is 23.1 Å². The minimum absolute atomic E-state index is 0.0412. The monoisotopic (exact) mass is 488 g/mol. The highest BCUT2D eigenvalue weighted by molar-refractivity contribution is 7.89. The molecule has 1 amide bonds. The lowest BCUT2D eigenvalue weighted by Crippen LogP contribution is -2.21. The van der Waals surface area contributed by atoms with Gasteiger partial charge in [0.05, 0.1) is 4.90 Å². The van der Waals surface area contributed by atoms with Crippen LogP contribution in [-0.2, 0) is 14.8 Å². The van der Waals surface area contributed by atoms with Crippen LogP contribution in [0.1, 0.15) is 33.9 Å². The van der Waals surface area contributed by atoms with Gasteiger partial charge in [0.1, 0.15) is 11.9 Å². The molecule has 1 atom stereocenters. The van der Waals surface area contributed by atoms with Crippen LogP contribution in [0.2, 0.25) is 5.02 Å². The summed E-state index contributed by atoms with van der Waals surface area (Å²) in [5, 5.41) is 19.3. The van der Waals surface area contributed by atoms with E-state index in [9.17, 15) is 18.3 Å². The normalized spacial score (nSPS) is 12.3. The number of rotatable bonds is 7. The first-order chi connectivity index (χ1) is 15.5. The summed E-state index contributed by atoms with van der Waals surface area (Å²) in [6.07, 6.45) is -0.990. The van der Waals surface area contributed by atoms with Crippen LogP contribution in [0.15, 0.2) is 59.5 Å². The van der Waals surface area contributed by atoms with Crippen molar-refractivity contribution >= 4 is 33.2 Å². The number of hydrogen-bond donors (Lipinski definition) is 3. The van der Waals surface area contributed by atoms with E-state index in [2.05, 4.69) is 5.32 Å². The first-order valence-electron chi connectivity index (χ1n) is 10.1. The number of ether oxygens (including phenoxy) is 1. The molecule has 0 heterocycles. The van der Waals surface area contributed by atoms with Crippen LogP contribution in [-0.4, -0.2) is 26.0 Å². The number of aliphatic hydroxyl groups is 1. The van der Waals surface area contributed by atoms with Gasteiger partial charge in [0, 0.05) is 16.3 Å². The summed E-state index contributed by atoms with van der Waals surface area (Å²) in [5.41, 5.74) is 4.01. The number of halogens is 1. The lowest BCUT2D eigenvalue weighted by atomic mass is 9.93. The smallest absolute Gasteiger partial charge is 0.262 e. The SMILES string of the molecule is Cc1cc(S(N)(=O)=O)ccc1NC(=O)COc1ccc(Cl)cc1C(O)c1c(C)cccc1C. The number of aryl methyl sites for hydroxylation is 3. The van der Waals surface area contributed by atoms with Crippen molar-refractivity contribution in [3.63, 3.8) is 0 Å². The van der Waals surface area contributed by atoms with Gasteiger partial charge >= 0.3 is 0 Å². The van der Waals surface area contributed by atoms with Crippen molar-refractivity contribution in [1.82, 2.24) is 0 Å². The van der Waals surface area contributed by atoms with Crippen molar-refractivity contribution in [3.8, 4) is 5.75 Å². The number of aliphatic hydroxyl groups excluding tert-OH is 1. The van der Waals surface area contributed by atoms with Crippen molar-refractivity contribution in [3.05, 3.63) is 87.4 Å². The molecule has 0 aromatic heterocycles. The second-order valence-electron chi connectivity index (χ2n) is 7.75. The van der Waals surface area contributed by atoms with E-state index in [1.54, 1.807) is 25.1 Å². The molecule has 0 aliphatic carbocycles. The number of amides is 1. The second kappa shape index (κ2) is 9.93. The minimum Gasteiger partial charge on any atom is -0.483 e. The maximum Gasteiger partial charge on any atom is 0.262 e. The molecule has 0 radical (unpaired) electrons. The lowest BCUT2D eigenvalue weighted by molar-refractivity contribution is -0.118. The van der Waals surface area contributed by atoms with Gasteiger partial charge in [-0.3, -0.25) is 4.79 Å². The Morgan fingerprint density at radius 2 is 1.73 bits per heavy atom. The number of nitrogens with two attached hydrogens (primary N) is 1. The molecule has 1 unspecified atom stereocenters. The van der Waals surface area contributed by atoms with Crippen LogP contribution < -0.4 is 15.2 Å². The van der Waals surface area contributed by atoms with Crippen molar-refractivity contribution in [2.75, 3.05) is 11.9 Å². The van der Waals surface area contributed by atoms with E-state index in [1.807, 2.05) is 32.0 Å². The minimum atomic E-state index is -3.83. The molecule has 0 spiro atoms. The Labute approximate surface area is 198 Å². The maximum absolute atomic E-state index is 12.5. The van der Waals surface area contributed by atoms with Crippen LogP contribution in [0.25, 0.3) is 0 Å². The van der Waals surface area contributed by atoms with Crippen LogP contribution in [0.5, 0.6) is 5.75 Å². The molecule has 7 nitrogen and oxygen atoms in total. The summed E-state index contributed by atoms with van der Waals surface area (Å²) in [4.78, 5) is 12.4. The fourth-order valence-corrected chi connectivity index (χ4v) is 4.34. The Morgan fingerprint density at radius 3 is 2.33 bits per heavy atom. The first-order valence-corrected chi connectivity index (χ1v) is 12.0. The zero-order chi connectivity index (χ0) is 24.3. The summed E-state index contributed by atoms with van der Waals surface area (Å²) < 4.78 is 28.7. The van der Waals surface area contributed by atoms with E-state index >= 15 is 0 Å². The number of hydrogen-bond acceptors (Lipinski definition) is 5. The van der Waals surface area contributed by atoms with Crippen LogP contribution in [0.4, 0.5) is 5.69 Å². The van der Waals surface area contributed by atoms with Gasteiger partial charge < -0.3 is 15.2 Å². The molecule has 33 heavy (non-hydrogen) atoms.